The van der Waals surface area contributed by atoms with Crippen molar-refractivity contribution < 1.29 is 14.3 Å². The third-order valence-corrected chi connectivity index (χ3v) is 4.86. The molecule has 132 valence electrons. The maximum absolute atomic E-state index is 13.0. The van der Waals surface area contributed by atoms with Crippen molar-refractivity contribution in [1.29, 1.82) is 0 Å². The molecule has 3 rings (SSSR count). The van der Waals surface area contributed by atoms with Crippen LogP contribution in [-0.2, 0) is 0 Å². The van der Waals surface area contributed by atoms with Gasteiger partial charge in [0.05, 0.1) is 14.2 Å². The zero-order valence-corrected chi connectivity index (χ0v) is 14.6. The first-order valence-electron chi connectivity index (χ1n) is 8.43. The van der Waals surface area contributed by atoms with Gasteiger partial charge in [0.1, 0.15) is 11.5 Å². The molecular formula is C20H24N2O3. The first-order chi connectivity index (χ1) is 12.2. The smallest absolute Gasteiger partial charge is 0.254 e. The standard InChI is InChI=1S/C20H24N2O3/c1-24-17-8-15(9-18(10-17)25-2)20(23)22-12-16(11-21)19(13-22)14-6-4-3-5-7-14/h3-10,16,19H,11-13,21H2,1-2H3/t16-,19+/m1/s1. The number of methoxy groups -OCH3 is 2. The second-order valence-electron chi connectivity index (χ2n) is 6.32. The number of rotatable bonds is 5. The number of carbonyl (C=O) groups excluding carboxylic acids is 1. The van der Waals surface area contributed by atoms with Gasteiger partial charge in [0.15, 0.2) is 0 Å². The van der Waals surface area contributed by atoms with E-state index in [0.29, 0.717) is 36.7 Å². The molecule has 1 heterocycles. The molecule has 2 aromatic rings. The summed E-state index contributed by atoms with van der Waals surface area (Å²) in [6.07, 6.45) is 0. The Hall–Kier alpha value is -2.53. The summed E-state index contributed by atoms with van der Waals surface area (Å²) in [4.78, 5) is 14.9. The Kier molecular flexibility index (Phi) is 5.24. The molecule has 0 aromatic heterocycles. The molecule has 2 atom stereocenters. The minimum absolute atomic E-state index is 0.0194. The van der Waals surface area contributed by atoms with Gasteiger partial charge in [-0.25, -0.2) is 0 Å². The Labute approximate surface area is 148 Å². The molecule has 0 aliphatic carbocycles. The van der Waals surface area contributed by atoms with Crippen molar-refractivity contribution in [3.8, 4) is 11.5 Å². The largest absolute Gasteiger partial charge is 0.497 e. The van der Waals surface area contributed by atoms with Gasteiger partial charge in [-0.15, -0.1) is 0 Å². The van der Waals surface area contributed by atoms with E-state index >= 15 is 0 Å². The molecule has 0 radical (unpaired) electrons. The third-order valence-electron chi connectivity index (χ3n) is 4.86. The number of nitrogens with zero attached hydrogens (tertiary/aromatic N) is 1. The topological polar surface area (TPSA) is 64.8 Å². The predicted octanol–water partition coefficient (Wildman–Crippen LogP) is 2.52. The molecular weight excluding hydrogens is 316 g/mol. The van der Waals surface area contributed by atoms with Crippen LogP contribution in [0.3, 0.4) is 0 Å². The van der Waals surface area contributed by atoms with Crippen molar-refractivity contribution in [2.45, 2.75) is 5.92 Å². The molecule has 0 spiro atoms. The SMILES string of the molecule is COc1cc(OC)cc(C(=O)N2C[C@@H](CN)[C@H](c3ccccc3)C2)c1. The van der Waals surface area contributed by atoms with Gasteiger partial charge < -0.3 is 20.1 Å². The number of benzene rings is 2. The van der Waals surface area contributed by atoms with Crippen LogP contribution in [-0.4, -0.2) is 44.7 Å². The molecule has 5 nitrogen and oxygen atoms in total. The highest BCUT2D eigenvalue weighted by Gasteiger charge is 2.35. The van der Waals surface area contributed by atoms with Crippen molar-refractivity contribution in [3.05, 3.63) is 59.7 Å². The summed E-state index contributed by atoms with van der Waals surface area (Å²) in [5.74, 6) is 1.73. The zero-order valence-electron chi connectivity index (χ0n) is 14.6. The normalized spacial score (nSPS) is 19.7. The fourth-order valence-electron chi connectivity index (χ4n) is 3.47. The molecule has 5 heteroatoms. The number of nitrogens with two attached hydrogens (primary N) is 1. The van der Waals surface area contributed by atoms with E-state index in [1.807, 2.05) is 23.1 Å². The van der Waals surface area contributed by atoms with E-state index in [9.17, 15) is 4.79 Å². The quantitative estimate of drug-likeness (QED) is 0.908. The summed E-state index contributed by atoms with van der Waals surface area (Å²) in [7, 11) is 3.16. The fourth-order valence-corrected chi connectivity index (χ4v) is 3.47. The van der Waals surface area contributed by atoms with Gasteiger partial charge in [-0.3, -0.25) is 4.79 Å². The van der Waals surface area contributed by atoms with Crippen LogP contribution in [0.15, 0.2) is 48.5 Å². The third kappa shape index (κ3) is 3.61. The van der Waals surface area contributed by atoms with Crippen LogP contribution in [0, 0.1) is 5.92 Å². The Balaban J connectivity index is 1.84. The van der Waals surface area contributed by atoms with E-state index in [2.05, 4.69) is 12.1 Å². The van der Waals surface area contributed by atoms with Crippen LogP contribution in [0.25, 0.3) is 0 Å². The van der Waals surface area contributed by atoms with Gasteiger partial charge in [0.2, 0.25) is 0 Å². The molecule has 1 aliphatic rings. The van der Waals surface area contributed by atoms with Gasteiger partial charge in [-0.1, -0.05) is 30.3 Å². The van der Waals surface area contributed by atoms with Gasteiger partial charge in [-0.2, -0.15) is 0 Å². The van der Waals surface area contributed by atoms with E-state index in [1.54, 1.807) is 32.4 Å². The van der Waals surface area contributed by atoms with E-state index in [1.165, 1.54) is 5.56 Å². The minimum atomic E-state index is -0.0194. The van der Waals surface area contributed by atoms with Crippen LogP contribution in [0.2, 0.25) is 0 Å². The summed E-state index contributed by atoms with van der Waals surface area (Å²) in [5, 5.41) is 0. The second kappa shape index (κ2) is 7.57. The summed E-state index contributed by atoms with van der Waals surface area (Å²) in [6.45, 7) is 1.89. The number of hydrogen-bond donors (Lipinski definition) is 1. The maximum Gasteiger partial charge on any atom is 0.254 e. The molecule has 1 saturated heterocycles. The monoisotopic (exact) mass is 340 g/mol. The lowest BCUT2D eigenvalue weighted by Gasteiger charge is -2.18. The molecule has 2 N–H and O–H groups in total. The van der Waals surface area contributed by atoms with Crippen molar-refractivity contribution in [1.82, 2.24) is 4.90 Å². The Bertz CT molecular complexity index is 711. The van der Waals surface area contributed by atoms with E-state index < -0.39 is 0 Å². The van der Waals surface area contributed by atoms with Crippen LogP contribution in [0.1, 0.15) is 21.8 Å². The highest BCUT2D eigenvalue weighted by molar-refractivity contribution is 5.95. The fraction of sp³-hybridized carbons (Fsp3) is 0.350. The molecule has 1 fully saturated rings. The molecule has 0 saturated carbocycles. The lowest BCUT2D eigenvalue weighted by atomic mass is 9.89. The number of hydrogen-bond acceptors (Lipinski definition) is 4. The molecule has 1 amide bonds. The number of carbonyl (C=O) groups is 1. The van der Waals surface area contributed by atoms with E-state index in [0.717, 1.165) is 0 Å². The molecule has 0 unspecified atom stereocenters. The lowest BCUT2D eigenvalue weighted by Crippen LogP contribution is -2.29. The van der Waals surface area contributed by atoms with Gasteiger partial charge in [-0.05, 0) is 30.2 Å². The van der Waals surface area contributed by atoms with Crippen LogP contribution >= 0.6 is 0 Å². The second-order valence-corrected chi connectivity index (χ2v) is 6.32. The van der Waals surface area contributed by atoms with Crippen molar-refractivity contribution in [2.24, 2.45) is 11.7 Å². The van der Waals surface area contributed by atoms with E-state index in [4.69, 9.17) is 15.2 Å². The average molecular weight is 340 g/mol. The van der Waals surface area contributed by atoms with Crippen molar-refractivity contribution in [3.63, 3.8) is 0 Å². The van der Waals surface area contributed by atoms with Crippen molar-refractivity contribution >= 4 is 5.91 Å². The Morgan fingerprint density at radius 3 is 2.28 bits per heavy atom. The van der Waals surface area contributed by atoms with Crippen molar-refractivity contribution in [2.75, 3.05) is 33.9 Å². The first-order valence-corrected chi connectivity index (χ1v) is 8.43. The van der Waals surface area contributed by atoms with Crippen LogP contribution < -0.4 is 15.2 Å². The minimum Gasteiger partial charge on any atom is -0.497 e. The first kappa shape index (κ1) is 17.3. The predicted molar refractivity (Wildman–Crippen MR) is 97.2 cm³/mol. The summed E-state index contributed by atoms with van der Waals surface area (Å²) >= 11 is 0. The van der Waals surface area contributed by atoms with Gasteiger partial charge >= 0.3 is 0 Å². The lowest BCUT2D eigenvalue weighted by molar-refractivity contribution is 0.0785. The molecule has 2 aromatic carbocycles. The van der Waals surface area contributed by atoms with Gasteiger partial charge in [0.25, 0.3) is 5.91 Å². The molecule has 1 aliphatic heterocycles. The van der Waals surface area contributed by atoms with E-state index in [-0.39, 0.29) is 17.7 Å². The Morgan fingerprint density at radius 1 is 1.08 bits per heavy atom. The summed E-state index contributed by atoms with van der Waals surface area (Å²) < 4.78 is 10.5. The van der Waals surface area contributed by atoms with Crippen LogP contribution in [0.5, 0.6) is 11.5 Å². The average Bonchev–Trinajstić information content (AvgIpc) is 3.12. The van der Waals surface area contributed by atoms with Crippen LogP contribution in [0.4, 0.5) is 0 Å². The molecule has 25 heavy (non-hydrogen) atoms. The number of likely N-dealkylation sites (tertiary alicyclic amines) is 1. The summed E-state index contributed by atoms with van der Waals surface area (Å²) in [6, 6.07) is 15.5. The molecule has 0 bridgehead atoms. The highest BCUT2D eigenvalue weighted by Crippen LogP contribution is 2.33. The number of amides is 1. The Morgan fingerprint density at radius 2 is 1.72 bits per heavy atom. The summed E-state index contributed by atoms with van der Waals surface area (Å²) in [5.41, 5.74) is 7.78. The number of ether oxygens (including phenoxy) is 2. The van der Waals surface area contributed by atoms with Gasteiger partial charge in [0, 0.05) is 30.6 Å². The zero-order chi connectivity index (χ0) is 17.8. The highest BCUT2D eigenvalue weighted by atomic mass is 16.5. The maximum atomic E-state index is 13.0.